The van der Waals surface area contributed by atoms with E-state index < -0.39 is 0 Å². The molecule has 0 atom stereocenters. The maximum Gasteiger partial charge on any atom is 0.224 e. The number of aromatic nitrogens is 2. The minimum Gasteiger partial charge on any atom is -0.357 e. The van der Waals surface area contributed by atoms with Crippen LogP contribution in [0.5, 0.6) is 0 Å². The van der Waals surface area contributed by atoms with Crippen molar-refractivity contribution in [3.8, 4) is 0 Å². The van der Waals surface area contributed by atoms with Gasteiger partial charge in [-0.1, -0.05) is 17.7 Å². The number of benzene rings is 1. The van der Waals surface area contributed by atoms with Gasteiger partial charge in [0.05, 0.1) is 10.7 Å². The van der Waals surface area contributed by atoms with E-state index in [1.165, 1.54) is 0 Å². The quantitative estimate of drug-likeness (QED) is 0.888. The number of hydrogen-bond acceptors (Lipinski definition) is 4. The Morgan fingerprint density at radius 1 is 1.22 bits per heavy atom. The highest BCUT2D eigenvalue weighted by Crippen LogP contribution is 2.27. The van der Waals surface area contributed by atoms with Crippen LogP contribution in [0.15, 0.2) is 24.4 Å². The summed E-state index contributed by atoms with van der Waals surface area (Å²) in [6.07, 6.45) is 1.77. The van der Waals surface area contributed by atoms with Gasteiger partial charge >= 0.3 is 0 Å². The molecule has 0 aliphatic heterocycles. The highest BCUT2D eigenvalue weighted by atomic mass is 35.5. The first-order chi connectivity index (χ1) is 8.60. The van der Waals surface area contributed by atoms with Crippen LogP contribution in [0, 0.1) is 13.8 Å². The van der Waals surface area contributed by atoms with Crippen LogP contribution >= 0.6 is 11.6 Å². The van der Waals surface area contributed by atoms with Crippen LogP contribution in [0.3, 0.4) is 0 Å². The molecule has 0 bridgehead atoms. The molecule has 0 radical (unpaired) electrons. The lowest BCUT2D eigenvalue weighted by Gasteiger charge is -2.11. The fraction of sp³-hybridized carbons (Fsp3) is 0.231. The summed E-state index contributed by atoms with van der Waals surface area (Å²) in [7, 11) is 1.79. The Labute approximate surface area is 111 Å². The standard InChI is InChI=1S/C13H15ClN4/c1-8-4-5-10(14)11(6-8)17-12-9(2)7-16-13(15-3)18-12/h4-7H,1-3H3,(H2,15,16,17,18). The maximum absolute atomic E-state index is 6.15. The molecule has 5 heteroatoms. The Morgan fingerprint density at radius 2 is 2.00 bits per heavy atom. The largest absolute Gasteiger partial charge is 0.357 e. The topological polar surface area (TPSA) is 49.8 Å². The van der Waals surface area contributed by atoms with E-state index in [0.29, 0.717) is 11.0 Å². The van der Waals surface area contributed by atoms with Crippen molar-refractivity contribution in [1.82, 2.24) is 9.97 Å². The van der Waals surface area contributed by atoms with Gasteiger partial charge in [-0.15, -0.1) is 0 Å². The van der Waals surface area contributed by atoms with Crippen molar-refractivity contribution in [3.05, 3.63) is 40.5 Å². The summed E-state index contributed by atoms with van der Waals surface area (Å²) in [5.41, 5.74) is 2.95. The van der Waals surface area contributed by atoms with Gasteiger partial charge in [0, 0.05) is 18.8 Å². The first-order valence-corrected chi connectivity index (χ1v) is 6.02. The molecule has 0 saturated carbocycles. The zero-order valence-corrected chi connectivity index (χ0v) is 11.3. The van der Waals surface area contributed by atoms with E-state index in [1.54, 1.807) is 13.2 Å². The van der Waals surface area contributed by atoms with Crippen molar-refractivity contribution >= 4 is 29.1 Å². The number of rotatable bonds is 3. The third kappa shape index (κ3) is 2.71. The predicted molar refractivity (Wildman–Crippen MR) is 75.8 cm³/mol. The van der Waals surface area contributed by atoms with Crippen molar-refractivity contribution in [2.75, 3.05) is 17.7 Å². The van der Waals surface area contributed by atoms with Gasteiger partial charge in [0.1, 0.15) is 5.82 Å². The number of halogens is 1. The monoisotopic (exact) mass is 262 g/mol. The van der Waals surface area contributed by atoms with Gasteiger partial charge in [0.25, 0.3) is 0 Å². The predicted octanol–water partition coefficient (Wildman–Crippen LogP) is 3.53. The third-order valence-electron chi connectivity index (χ3n) is 2.57. The molecule has 0 spiro atoms. The van der Waals surface area contributed by atoms with Crippen molar-refractivity contribution in [1.29, 1.82) is 0 Å². The van der Waals surface area contributed by atoms with E-state index >= 15 is 0 Å². The molecule has 1 aromatic carbocycles. The lowest BCUT2D eigenvalue weighted by atomic mass is 10.2. The van der Waals surface area contributed by atoms with Crippen molar-refractivity contribution in [2.45, 2.75) is 13.8 Å². The van der Waals surface area contributed by atoms with Crippen LogP contribution in [-0.2, 0) is 0 Å². The Balaban J connectivity index is 2.36. The fourth-order valence-corrected chi connectivity index (χ4v) is 1.72. The minimum atomic E-state index is 0.576. The van der Waals surface area contributed by atoms with Crippen molar-refractivity contribution < 1.29 is 0 Å². The maximum atomic E-state index is 6.15. The molecule has 0 aliphatic rings. The molecule has 94 valence electrons. The van der Waals surface area contributed by atoms with Crippen LogP contribution in [0.2, 0.25) is 5.02 Å². The van der Waals surface area contributed by atoms with E-state index in [2.05, 4.69) is 20.6 Å². The molecule has 0 unspecified atom stereocenters. The second kappa shape index (κ2) is 5.23. The summed E-state index contributed by atoms with van der Waals surface area (Å²) in [5, 5.41) is 6.82. The van der Waals surface area contributed by atoms with Crippen molar-refractivity contribution in [3.63, 3.8) is 0 Å². The van der Waals surface area contributed by atoms with Crippen LogP contribution in [0.1, 0.15) is 11.1 Å². The molecule has 2 aromatic rings. The van der Waals surface area contributed by atoms with Crippen LogP contribution in [-0.4, -0.2) is 17.0 Å². The first-order valence-electron chi connectivity index (χ1n) is 5.64. The Morgan fingerprint density at radius 3 is 2.72 bits per heavy atom. The number of nitrogens with zero attached hydrogens (tertiary/aromatic N) is 2. The van der Waals surface area contributed by atoms with Gasteiger partial charge in [-0.2, -0.15) is 4.98 Å². The van der Waals surface area contributed by atoms with Crippen LogP contribution < -0.4 is 10.6 Å². The second-order valence-electron chi connectivity index (χ2n) is 4.08. The number of hydrogen-bond donors (Lipinski definition) is 2. The summed E-state index contributed by atoms with van der Waals surface area (Å²) >= 11 is 6.15. The molecule has 1 heterocycles. The number of nitrogens with one attached hydrogen (secondary N) is 2. The average Bonchev–Trinajstić information content (AvgIpc) is 2.36. The zero-order valence-electron chi connectivity index (χ0n) is 10.6. The zero-order chi connectivity index (χ0) is 13.1. The van der Waals surface area contributed by atoms with Gasteiger partial charge in [-0.25, -0.2) is 4.98 Å². The molecule has 18 heavy (non-hydrogen) atoms. The summed E-state index contributed by atoms with van der Waals surface area (Å²) in [6, 6.07) is 5.83. The van der Waals surface area contributed by atoms with E-state index in [0.717, 1.165) is 22.6 Å². The third-order valence-corrected chi connectivity index (χ3v) is 2.90. The highest BCUT2D eigenvalue weighted by Gasteiger charge is 2.06. The molecule has 0 amide bonds. The van der Waals surface area contributed by atoms with Crippen LogP contribution in [0.25, 0.3) is 0 Å². The minimum absolute atomic E-state index is 0.576. The van der Waals surface area contributed by atoms with E-state index in [1.807, 2.05) is 32.0 Å². The van der Waals surface area contributed by atoms with Gasteiger partial charge in [0.15, 0.2) is 0 Å². The summed E-state index contributed by atoms with van der Waals surface area (Å²) in [4.78, 5) is 8.51. The fourth-order valence-electron chi connectivity index (χ4n) is 1.55. The van der Waals surface area contributed by atoms with Crippen molar-refractivity contribution in [2.24, 2.45) is 0 Å². The molecule has 2 N–H and O–H groups in total. The molecule has 1 aromatic heterocycles. The van der Waals surface area contributed by atoms with Crippen LogP contribution in [0.4, 0.5) is 17.5 Å². The highest BCUT2D eigenvalue weighted by molar-refractivity contribution is 6.33. The van der Waals surface area contributed by atoms with Gasteiger partial charge in [-0.05, 0) is 31.5 Å². The first kappa shape index (κ1) is 12.6. The SMILES string of the molecule is CNc1ncc(C)c(Nc2cc(C)ccc2Cl)n1. The molecule has 4 nitrogen and oxygen atoms in total. The second-order valence-corrected chi connectivity index (χ2v) is 4.49. The summed E-state index contributed by atoms with van der Waals surface area (Å²) in [5.74, 6) is 1.33. The van der Waals surface area contributed by atoms with E-state index in [9.17, 15) is 0 Å². The molecule has 0 fully saturated rings. The lowest BCUT2D eigenvalue weighted by Crippen LogP contribution is -2.02. The van der Waals surface area contributed by atoms with Gasteiger partial charge in [-0.3, -0.25) is 0 Å². The van der Waals surface area contributed by atoms with Gasteiger partial charge in [0.2, 0.25) is 5.95 Å². The smallest absolute Gasteiger partial charge is 0.224 e. The molecule has 0 saturated heterocycles. The molecule has 2 rings (SSSR count). The number of aryl methyl sites for hydroxylation is 2. The Hall–Kier alpha value is -1.81. The average molecular weight is 263 g/mol. The van der Waals surface area contributed by atoms with E-state index in [-0.39, 0.29) is 0 Å². The van der Waals surface area contributed by atoms with Gasteiger partial charge < -0.3 is 10.6 Å². The molecular formula is C13H15ClN4. The molecule has 0 aliphatic carbocycles. The number of anilines is 3. The Bertz CT molecular complexity index is 569. The lowest BCUT2D eigenvalue weighted by molar-refractivity contribution is 1.12. The summed E-state index contributed by atoms with van der Waals surface area (Å²) < 4.78 is 0. The summed E-state index contributed by atoms with van der Waals surface area (Å²) in [6.45, 7) is 3.97. The Kier molecular flexibility index (Phi) is 3.67. The molecular weight excluding hydrogens is 248 g/mol. The van der Waals surface area contributed by atoms with E-state index in [4.69, 9.17) is 11.6 Å². The normalized spacial score (nSPS) is 10.2.